The van der Waals surface area contributed by atoms with Crippen LogP contribution in [0.4, 0.5) is 5.69 Å². The number of benzene rings is 3. The standard InChI is InChI=1S/C24H19ClN2O4/c1-24(2)13-31-26(23(24)30)12-15-9-10-16(11-19(15)25)27-21(28)17-7-3-5-14-6-4-8-18(20(14)17)22(27)29/h3-11H,12-13H2,1-2H3. The highest BCUT2D eigenvalue weighted by molar-refractivity contribution is 6.36. The van der Waals surface area contributed by atoms with E-state index in [-0.39, 0.29) is 12.5 Å². The Labute approximate surface area is 183 Å². The van der Waals surface area contributed by atoms with Crippen molar-refractivity contribution in [3.63, 3.8) is 0 Å². The van der Waals surface area contributed by atoms with Crippen LogP contribution in [0.1, 0.15) is 40.1 Å². The summed E-state index contributed by atoms with van der Waals surface area (Å²) >= 11 is 6.48. The fourth-order valence-electron chi connectivity index (χ4n) is 4.04. The molecule has 0 aliphatic carbocycles. The molecule has 0 bridgehead atoms. The van der Waals surface area contributed by atoms with Crippen molar-refractivity contribution in [3.8, 4) is 0 Å². The molecular formula is C24H19ClN2O4. The number of hydroxylamine groups is 2. The van der Waals surface area contributed by atoms with E-state index in [4.69, 9.17) is 16.4 Å². The van der Waals surface area contributed by atoms with Crippen LogP contribution < -0.4 is 4.90 Å². The van der Waals surface area contributed by atoms with E-state index < -0.39 is 17.2 Å². The Bertz CT molecular complexity index is 1230. The van der Waals surface area contributed by atoms with E-state index >= 15 is 0 Å². The Balaban J connectivity index is 1.49. The average Bonchev–Trinajstić information content (AvgIpc) is 3.00. The van der Waals surface area contributed by atoms with Crippen molar-refractivity contribution in [3.05, 3.63) is 76.3 Å². The van der Waals surface area contributed by atoms with Gasteiger partial charge in [0.05, 0.1) is 24.3 Å². The van der Waals surface area contributed by atoms with Crippen LogP contribution in [0, 0.1) is 5.41 Å². The summed E-state index contributed by atoms with van der Waals surface area (Å²) in [5.41, 5.74) is 1.42. The van der Waals surface area contributed by atoms with Gasteiger partial charge in [0.25, 0.3) is 17.7 Å². The van der Waals surface area contributed by atoms with Gasteiger partial charge in [0.15, 0.2) is 0 Å². The maximum Gasteiger partial charge on any atom is 0.265 e. The van der Waals surface area contributed by atoms with E-state index in [1.54, 1.807) is 42.5 Å². The molecule has 5 rings (SSSR count). The van der Waals surface area contributed by atoms with Crippen molar-refractivity contribution in [2.45, 2.75) is 20.4 Å². The van der Waals surface area contributed by atoms with Gasteiger partial charge in [0, 0.05) is 21.5 Å². The molecule has 6 nitrogen and oxygen atoms in total. The number of anilines is 1. The number of carbonyl (C=O) groups is 3. The lowest BCUT2D eigenvalue weighted by molar-refractivity contribution is -0.165. The van der Waals surface area contributed by atoms with Crippen molar-refractivity contribution >= 4 is 45.8 Å². The molecule has 156 valence electrons. The molecule has 31 heavy (non-hydrogen) atoms. The second kappa shape index (κ2) is 6.90. The first kappa shape index (κ1) is 19.7. The van der Waals surface area contributed by atoms with E-state index in [1.165, 1.54) is 5.06 Å². The number of halogens is 1. The summed E-state index contributed by atoms with van der Waals surface area (Å²) in [4.78, 5) is 45.4. The first-order valence-corrected chi connectivity index (χ1v) is 10.3. The molecule has 7 heteroatoms. The molecule has 0 saturated carbocycles. The van der Waals surface area contributed by atoms with E-state index in [1.807, 2.05) is 26.0 Å². The fourth-order valence-corrected chi connectivity index (χ4v) is 4.27. The van der Waals surface area contributed by atoms with Gasteiger partial charge in [0.1, 0.15) is 0 Å². The lowest BCUT2D eigenvalue weighted by Crippen LogP contribution is -2.40. The Hall–Kier alpha value is -3.22. The van der Waals surface area contributed by atoms with Crippen LogP contribution in [-0.4, -0.2) is 29.4 Å². The zero-order valence-corrected chi connectivity index (χ0v) is 17.8. The second-order valence-corrected chi connectivity index (χ2v) is 8.84. The number of imide groups is 1. The van der Waals surface area contributed by atoms with Gasteiger partial charge in [-0.05, 0) is 49.1 Å². The monoisotopic (exact) mass is 434 g/mol. The molecular weight excluding hydrogens is 416 g/mol. The molecule has 2 heterocycles. The van der Waals surface area contributed by atoms with Crippen LogP contribution in [0.25, 0.3) is 10.8 Å². The van der Waals surface area contributed by atoms with Crippen molar-refractivity contribution in [2.75, 3.05) is 11.5 Å². The lowest BCUT2D eigenvalue weighted by atomic mass is 9.93. The van der Waals surface area contributed by atoms with Crippen molar-refractivity contribution in [2.24, 2.45) is 5.41 Å². The highest BCUT2D eigenvalue weighted by atomic mass is 35.5. The topological polar surface area (TPSA) is 66.9 Å². The molecule has 1 saturated heterocycles. The predicted molar refractivity (Wildman–Crippen MR) is 117 cm³/mol. The third kappa shape index (κ3) is 3.02. The van der Waals surface area contributed by atoms with Crippen LogP contribution in [0.2, 0.25) is 5.02 Å². The summed E-state index contributed by atoms with van der Waals surface area (Å²) in [6.07, 6.45) is 0. The van der Waals surface area contributed by atoms with Gasteiger partial charge < -0.3 is 0 Å². The summed E-state index contributed by atoms with van der Waals surface area (Å²) in [5, 5.41) is 3.17. The van der Waals surface area contributed by atoms with Crippen LogP contribution >= 0.6 is 11.6 Å². The Morgan fingerprint density at radius 2 is 1.61 bits per heavy atom. The van der Waals surface area contributed by atoms with Gasteiger partial charge in [-0.3, -0.25) is 19.2 Å². The third-order valence-corrected chi connectivity index (χ3v) is 6.12. The van der Waals surface area contributed by atoms with Crippen molar-refractivity contribution < 1.29 is 19.2 Å². The minimum absolute atomic E-state index is 0.112. The number of rotatable bonds is 3. The van der Waals surface area contributed by atoms with Gasteiger partial charge >= 0.3 is 0 Å². The zero-order valence-electron chi connectivity index (χ0n) is 17.0. The summed E-state index contributed by atoms with van der Waals surface area (Å²) < 4.78 is 0. The van der Waals surface area contributed by atoms with Crippen molar-refractivity contribution in [1.82, 2.24) is 5.06 Å². The molecule has 0 atom stereocenters. The minimum Gasteiger partial charge on any atom is -0.272 e. The highest BCUT2D eigenvalue weighted by Gasteiger charge is 2.40. The quantitative estimate of drug-likeness (QED) is 0.565. The van der Waals surface area contributed by atoms with E-state index in [2.05, 4.69) is 0 Å². The summed E-state index contributed by atoms with van der Waals surface area (Å²) in [6.45, 7) is 4.15. The molecule has 3 aromatic carbocycles. The SMILES string of the molecule is CC1(C)CON(Cc2ccc(N3C(=O)c4cccc5cccc(c45)C3=O)cc2Cl)C1=O. The van der Waals surface area contributed by atoms with Gasteiger partial charge in [-0.25, -0.2) is 9.96 Å². The lowest BCUT2D eigenvalue weighted by Gasteiger charge is -2.27. The number of carbonyl (C=O) groups excluding carboxylic acids is 3. The molecule has 0 radical (unpaired) electrons. The molecule has 2 aliphatic heterocycles. The average molecular weight is 435 g/mol. The van der Waals surface area contributed by atoms with Crippen LogP contribution in [0.15, 0.2) is 54.6 Å². The van der Waals surface area contributed by atoms with Gasteiger partial charge in [-0.1, -0.05) is 41.9 Å². The maximum atomic E-state index is 13.2. The molecule has 3 aromatic rings. The molecule has 2 aliphatic rings. The number of hydrogen-bond donors (Lipinski definition) is 0. The third-order valence-electron chi connectivity index (χ3n) is 5.77. The van der Waals surface area contributed by atoms with Gasteiger partial charge in [0.2, 0.25) is 0 Å². The minimum atomic E-state index is -0.576. The molecule has 0 aromatic heterocycles. The molecule has 0 N–H and O–H groups in total. The smallest absolute Gasteiger partial charge is 0.265 e. The second-order valence-electron chi connectivity index (χ2n) is 8.43. The fraction of sp³-hybridized carbons (Fsp3) is 0.208. The van der Waals surface area contributed by atoms with E-state index in [0.29, 0.717) is 39.4 Å². The first-order chi connectivity index (χ1) is 14.8. The van der Waals surface area contributed by atoms with E-state index in [9.17, 15) is 14.4 Å². The van der Waals surface area contributed by atoms with Crippen molar-refractivity contribution in [1.29, 1.82) is 0 Å². The van der Waals surface area contributed by atoms with Crippen LogP contribution in [-0.2, 0) is 16.2 Å². The number of amides is 3. The summed E-state index contributed by atoms with van der Waals surface area (Å²) in [6, 6.07) is 15.8. The van der Waals surface area contributed by atoms with Crippen LogP contribution in [0.5, 0.6) is 0 Å². The Morgan fingerprint density at radius 3 is 2.16 bits per heavy atom. The highest BCUT2D eigenvalue weighted by Crippen LogP contribution is 2.35. The Kier molecular flexibility index (Phi) is 4.39. The van der Waals surface area contributed by atoms with Gasteiger partial charge in [-0.2, -0.15) is 0 Å². The maximum absolute atomic E-state index is 13.2. The summed E-state index contributed by atoms with van der Waals surface area (Å²) in [5.74, 6) is -0.894. The number of hydrogen-bond acceptors (Lipinski definition) is 4. The van der Waals surface area contributed by atoms with E-state index in [0.717, 1.165) is 10.3 Å². The zero-order chi connectivity index (χ0) is 21.9. The molecule has 3 amide bonds. The molecule has 1 fully saturated rings. The summed E-state index contributed by atoms with van der Waals surface area (Å²) in [7, 11) is 0. The normalized spacial score (nSPS) is 17.7. The molecule has 0 unspecified atom stereocenters. The Morgan fingerprint density at radius 1 is 0.968 bits per heavy atom. The van der Waals surface area contributed by atoms with Crippen LogP contribution in [0.3, 0.4) is 0 Å². The predicted octanol–water partition coefficient (Wildman–Crippen LogP) is 4.59. The van der Waals surface area contributed by atoms with Gasteiger partial charge in [-0.15, -0.1) is 0 Å². The molecule has 0 spiro atoms. The first-order valence-electron chi connectivity index (χ1n) is 9.92. The number of nitrogens with zero attached hydrogens (tertiary/aromatic N) is 2. The largest absolute Gasteiger partial charge is 0.272 e.